The predicted octanol–water partition coefficient (Wildman–Crippen LogP) is 2.65. The first-order valence-electron chi connectivity index (χ1n) is 5.67. The second kappa shape index (κ2) is 7.84. The van der Waals surface area contributed by atoms with Crippen molar-refractivity contribution in [3.05, 3.63) is 34.3 Å². The van der Waals surface area contributed by atoms with E-state index in [1.165, 1.54) is 0 Å². The number of hydrogen-bond acceptors (Lipinski definition) is 3. The number of hydrogen-bond donors (Lipinski definition) is 2. The van der Waals surface area contributed by atoms with Crippen molar-refractivity contribution >= 4 is 15.9 Å². The summed E-state index contributed by atoms with van der Waals surface area (Å²) >= 11 is 3.29. The Hall–Kier alpha value is -0.630. The molecule has 0 aliphatic carbocycles. The van der Waals surface area contributed by atoms with Gasteiger partial charge in [-0.25, -0.2) is 0 Å². The topological polar surface area (TPSA) is 41.5 Å². The van der Waals surface area contributed by atoms with Crippen LogP contribution in [0.25, 0.3) is 0 Å². The quantitative estimate of drug-likeness (QED) is 0.749. The number of ether oxygens (including phenoxy) is 1. The standard InChI is InChI=1S/C12H15BrF3NO2/c13-10-3-1-2-9(6-10)11(18)7-17-4-5-19-8-12(14,15)16/h1-3,6,11,17-18H,4-5,7-8H2. The maximum Gasteiger partial charge on any atom is 0.411 e. The molecule has 2 N–H and O–H groups in total. The molecule has 0 saturated carbocycles. The van der Waals surface area contributed by atoms with Gasteiger partial charge in [0.2, 0.25) is 0 Å². The number of aliphatic hydroxyl groups is 1. The van der Waals surface area contributed by atoms with E-state index in [4.69, 9.17) is 0 Å². The maximum atomic E-state index is 11.8. The maximum absolute atomic E-state index is 11.8. The second-order valence-electron chi connectivity index (χ2n) is 3.94. The molecule has 3 nitrogen and oxygen atoms in total. The van der Waals surface area contributed by atoms with Gasteiger partial charge in [0.25, 0.3) is 0 Å². The molecule has 0 fully saturated rings. The molecule has 7 heteroatoms. The molecule has 0 radical (unpaired) electrons. The Morgan fingerprint density at radius 3 is 2.74 bits per heavy atom. The van der Waals surface area contributed by atoms with E-state index in [9.17, 15) is 18.3 Å². The molecular weight excluding hydrogens is 327 g/mol. The number of alkyl halides is 3. The minimum Gasteiger partial charge on any atom is -0.387 e. The van der Waals surface area contributed by atoms with Crippen LogP contribution in [0.4, 0.5) is 13.2 Å². The molecule has 0 saturated heterocycles. The average Bonchev–Trinajstić information content (AvgIpc) is 2.32. The summed E-state index contributed by atoms with van der Waals surface area (Å²) in [5, 5.41) is 12.7. The molecule has 19 heavy (non-hydrogen) atoms. The van der Waals surface area contributed by atoms with E-state index in [1.54, 1.807) is 18.2 Å². The highest BCUT2D eigenvalue weighted by Crippen LogP contribution is 2.17. The van der Waals surface area contributed by atoms with Gasteiger partial charge in [0.05, 0.1) is 12.7 Å². The zero-order chi connectivity index (χ0) is 14.3. The zero-order valence-electron chi connectivity index (χ0n) is 10.1. The summed E-state index contributed by atoms with van der Waals surface area (Å²) < 4.78 is 40.6. The second-order valence-corrected chi connectivity index (χ2v) is 4.86. The van der Waals surface area contributed by atoms with E-state index in [-0.39, 0.29) is 19.7 Å². The van der Waals surface area contributed by atoms with E-state index in [2.05, 4.69) is 26.0 Å². The van der Waals surface area contributed by atoms with Crippen LogP contribution in [0.2, 0.25) is 0 Å². The summed E-state index contributed by atoms with van der Waals surface area (Å²) in [4.78, 5) is 0. The number of nitrogens with one attached hydrogen (secondary N) is 1. The lowest BCUT2D eigenvalue weighted by atomic mass is 10.1. The molecule has 1 aromatic rings. The lowest BCUT2D eigenvalue weighted by Crippen LogP contribution is -2.27. The van der Waals surface area contributed by atoms with Crippen molar-refractivity contribution in [1.29, 1.82) is 0 Å². The molecule has 0 amide bonds. The number of halogens is 4. The van der Waals surface area contributed by atoms with Crippen LogP contribution < -0.4 is 5.32 Å². The minimum absolute atomic E-state index is 0.0509. The molecular formula is C12H15BrF3NO2. The van der Waals surface area contributed by atoms with Gasteiger partial charge in [-0.15, -0.1) is 0 Å². The van der Waals surface area contributed by atoms with Gasteiger partial charge < -0.3 is 15.2 Å². The smallest absolute Gasteiger partial charge is 0.387 e. The first kappa shape index (κ1) is 16.4. The Labute approximate surface area is 117 Å². The van der Waals surface area contributed by atoms with Crippen molar-refractivity contribution in [3.8, 4) is 0 Å². The molecule has 0 spiro atoms. The van der Waals surface area contributed by atoms with Gasteiger partial charge in [-0.1, -0.05) is 28.1 Å². The molecule has 0 heterocycles. The van der Waals surface area contributed by atoms with Crippen molar-refractivity contribution < 1.29 is 23.0 Å². The van der Waals surface area contributed by atoms with Gasteiger partial charge in [-0.05, 0) is 17.7 Å². The first-order chi connectivity index (χ1) is 8.88. The van der Waals surface area contributed by atoms with Crippen LogP contribution in [-0.4, -0.2) is 37.6 Å². The molecule has 1 atom stereocenters. The summed E-state index contributed by atoms with van der Waals surface area (Å²) in [6.45, 7) is -0.791. The van der Waals surface area contributed by atoms with Gasteiger partial charge in [-0.3, -0.25) is 0 Å². The Balaban J connectivity index is 2.16. The molecule has 0 bridgehead atoms. The van der Waals surface area contributed by atoms with Crippen LogP contribution in [0.3, 0.4) is 0 Å². The highest BCUT2D eigenvalue weighted by Gasteiger charge is 2.27. The van der Waals surface area contributed by atoms with Gasteiger partial charge in [0, 0.05) is 17.6 Å². The summed E-state index contributed by atoms with van der Waals surface area (Å²) in [6, 6.07) is 7.20. The van der Waals surface area contributed by atoms with Crippen LogP contribution in [0.5, 0.6) is 0 Å². The molecule has 1 rings (SSSR count). The Morgan fingerprint density at radius 1 is 1.37 bits per heavy atom. The Morgan fingerprint density at radius 2 is 2.11 bits per heavy atom. The van der Waals surface area contributed by atoms with Crippen molar-refractivity contribution in [2.24, 2.45) is 0 Å². The third kappa shape index (κ3) is 7.51. The number of rotatable bonds is 7. The van der Waals surface area contributed by atoms with Crippen LogP contribution >= 0.6 is 15.9 Å². The zero-order valence-corrected chi connectivity index (χ0v) is 11.7. The lowest BCUT2D eigenvalue weighted by molar-refractivity contribution is -0.173. The average molecular weight is 342 g/mol. The van der Waals surface area contributed by atoms with Crippen LogP contribution in [-0.2, 0) is 4.74 Å². The lowest BCUT2D eigenvalue weighted by Gasteiger charge is -2.13. The van der Waals surface area contributed by atoms with Crippen molar-refractivity contribution in [2.75, 3.05) is 26.3 Å². The number of benzene rings is 1. The normalized spacial score (nSPS) is 13.5. The van der Waals surface area contributed by atoms with E-state index in [0.29, 0.717) is 0 Å². The van der Waals surface area contributed by atoms with Crippen molar-refractivity contribution in [3.63, 3.8) is 0 Å². The molecule has 0 aliphatic heterocycles. The summed E-state index contributed by atoms with van der Waals surface area (Å²) in [5.41, 5.74) is 0.734. The molecule has 0 aliphatic rings. The molecule has 1 aromatic carbocycles. The first-order valence-corrected chi connectivity index (χ1v) is 6.46. The fraction of sp³-hybridized carbons (Fsp3) is 0.500. The van der Waals surface area contributed by atoms with Gasteiger partial charge in [0.1, 0.15) is 6.61 Å². The molecule has 1 unspecified atom stereocenters. The van der Waals surface area contributed by atoms with Crippen LogP contribution in [0, 0.1) is 0 Å². The van der Waals surface area contributed by atoms with E-state index in [1.807, 2.05) is 6.07 Å². The third-order valence-corrected chi connectivity index (χ3v) is 2.75. The van der Waals surface area contributed by atoms with Crippen molar-refractivity contribution in [2.45, 2.75) is 12.3 Å². The molecule has 0 aromatic heterocycles. The highest BCUT2D eigenvalue weighted by molar-refractivity contribution is 9.10. The van der Waals surface area contributed by atoms with Crippen molar-refractivity contribution in [1.82, 2.24) is 5.32 Å². The van der Waals surface area contributed by atoms with Gasteiger partial charge in [0.15, 0.2) is 0 Å². The van der Waals surface area contributed by atoms with E-state index < -0.39 is 18.9 Å². The number of aliphatic hydroxyl groups excluding tert-OH is 1. The van der Waals surface area contributed by atoms with Crippen LogP contribution in [0.15, 0.2) is 28.7 Å². The fourth-order valence-corrected chi connectivity index (χ4v) is 1.82. The minimum atomic E-state index is -4.30. The summed E-state index contributed by atoms with van der Waals surface area (Å²) in [5.74, 6) is 0. The summed E-state index contributed by atoms with van der Waals surface area (Å²) in [7, 11) is 0. The summed E-state index contributed by atoms with van der Waals surface area (Å²) in [6.07, 6.45) is -5.00. The van der Waals surface area contributed by atoms with E-state index in [0.717, 1.165) is 10.0 Å². The predicted molar refractivity (Wildman–Crippen MR) is 68.8 cm³/mol. The van der Waals surface area contributed by atoms with Gasteiger partial charge in [-0.2, -0.15) is 13.2 Å². The van der Waals surface area contributed by atoms with Gasteiger partial charge >= 0.3 is 6.18 Å². The SMILES string of the molecule is OC(CNCCOCC(F)(F)F)c1cccc(Br)c1. The Kier molecular flexibility index (Phi) is 6.78. The van der Waals surface area contributed by atoms with E-state index >= 15 is 0 Å². The molecule has 108 valence electrons. The fourth-order valence-electron chi connectivity index (χ4n) is 1.40. The Bertz CT molecular complexity index is 387. The van der Waals surface area contributed by atoms with Crippen LogP contribution in [0.1, 0.15) is 11.7 Å². The highest BCUT2D eigenvalue weighted by atomic mass is 79.9. The third-order valence-electron chi connectivity index (χ3n) is 2.26. The monoisotopic (exact) mass is 341 g/mol. The largest absolute Gasteiger partial charge is 0.411 e.